The molecule has 2 heteroatoms. The molecule has 1 aliphatic rings. The van der Waals surface area contributed by atoms with Crippen molar-refractivity contribution in [3.63, 3.8) is 0 Å². The summed E-state index contributed by atoms with van der Waals surface area (Å²) < 4.78 is 5.27. The topological polar surface area (TPSA) is 12.5 Å². The molecule has 94 valence electrons. The molecule has 0 radical (unpaired) electrons. The lowest BCUT2D eigenvalue weighted by atomic mass is 9.99. The predicted molar refractivity (Wildman–Crippen MR) is 71.5 cm³/mol. The third-order valence-electron chi connectivity index (χ3n) is 3.58. The zero-order valence-electron chi connectivity index (χ0n) is 11.0. The Hall–Kier alpha value is -1.02. The van der Waals surface area contributed by atoms with Crippen molar-refractivity contribution in [2.75, 3.05) is 20.2 Å². The molecule has 2 rings (SSSR count). The third-order valence-corrected chi connectivity index (χ3v) is 3.58. The van der Waals surface area contributed by atoms with Crippen LogP contribution in [-0.4, -0.2) is 25.1 Å². The first-order valence-electron chi connectivity index (χ1n) is 6.71. The Morgan fingerprint density at radius 3 is 2.88 bits per heavy atom. The van der Waals surface area contributed by atoms with E-state index in [2.05, 4.69) is 30.0 Å². The van der Waals surface area contributed by atoms with Gasteiger partial charge in [0.2, 0.25) is 0 Å². The largest absolute Gasteiger partial charge is 0.497 e. The predicted octanol–water partition coefficient (Wildman–Crippen LogP) is 3.24. The van der Waals surface area contributed by atoms with Crippen LogP contribution in [0.15, 0.2) is 18.2 Å². The average molecular weight is 233 g/mol. The van der Waals surface area contributed by atoms with Crippen LogP contribution in [0.3, 0.4) is 0 Å². The number of hydrogen-bond acceptors (Lipinski definition) is 2. The monoisotopic (exact) mass is 233 g/mol. The number of ether oxygens (including phenoxy) is 1. The SMILES string of the molecule is CCCCCN1CCc2cc(OC)ccc2C1. The maximum Gasteiger partial charge on any atom is 0.119 e. The fraction of sp³-hybridized carbons (Fsp3) is 0.600. The van der Waals surface area contributed by atoms with E-state index >= 15 is 0 Å². The van der Waals surface area contributed by atoms with Crippen molar-refractivity contribution >= 4 is 0 Å². The fourth-order valence-corrected chi connectivity index (χ4v) is 2.49. The minimum Gasteiger partial charge on any atom is -0.497 e. The molecule has 0 unspecified atom stereocenters. The minimum absolute atomic E-state index is 0.989. The number of rotatable bonds is 5. The Balaban J connectivity index is 1.94. The molecule has 0 spiro atoms. The zero-order valence-corrected chi connectivity index (χ0v) is 11.0. The lowest BCUT2D eigenvalue weighted by molar-refractivity contribution is 0.248. The maximum absolute atomic E-state index is 5.27. The first kappa shape index (κ1) is 12.4. The molecule has 0 N–H and O–H groups in total. The van der Waals surface area contributed by atoms with Gasteiger partial charge >= 0.3 is 0 Å². The summed E-state index contributed by atoms with van der Waals surface area (Å²) in [4.78, 5) is 2.57. The van der Waals surface area contributed by atoms with E-state index in [1.807, 2.05) is 0 Å². The van der Waals surface area contributed by atoms with Crippen LogP contribution >= 0.6 is 0 Å². The van der Waals surface area contributed by atoms with Gasteiger partial charge in [0.05, 0.1) is 7.11 Å². The van der Waals surface area contributed by atoms with Crippen LogP contribution in [0.25, 0.3) is 0 Å². The molecule has 0 saturated heterocycles. The van der Waals surface area contributed by atoms with Crippen molar-refractivity contribution in [2.45, 2.75) is 39.2 Å². The second-order valence-corrected chi connectivity index (χ2v) is 4.87. The third kappa shape index (κ3) is 3.22. The summed E-state index contributed by atoms with van der Waals surface area (Å²) in [7, 11) is 1.74. The van der Waals surface area contributed by atoms with Gasteiger partial charge < -0.3 is 4.74 Å². The number of unbranched alkanes of at least 4 members (excludes halogenated alkanes) is 2. The summed E-state index contributed by atoms with van der Waals surface area (Å²) >= 11 is 0. The summed E-state index contributed by atoms with van der Waals surface area (Å²) in [6.07, 6.45) is 5.16. The van der Waals surface area contributed by atoms with E-state index in [4.69, 9.17) is 4.74 Å². The standard InChI is InChI=1S/C15H23NO/c1-3-4-5-9-16-10-8-13-11-15(17-2)7-6-14(13)12-16/h6-7,11H,3-5,8-10,12H2,1-2H3. The van der Waals surface area contributed by atoms with E-state index in [0.717, 1.165) is 12.3 Å². The molecule has 0 atom stereocenters. The normalized spacial score (nSPS) is 15.6. The van der Waals surface area contributed by atoms with Crippen LogP contribution < -0.4 is 4.74 Å². The van der Waals surface area contributed by atoms with Crippen molar-refractivity contribution in [3.05, 3.63) is 29.3 Å². The lowest BCUT2D eigenvalue weighted by Crippen LogP contribution is -2.31. The summed E-state index contributed by atoms with van der Waals surface area (Å²) in [5.74, 6) is 0.989. The fourth-order valence-electron chi connectivity index (χ4n) is 2.49. The highest BCUT2D eigenvalue weighted by Crippen LogP contribution is 2.23. The quantitative estimate of drug-likeness (QED) is 0.724. The van der Waals surface area contributed by atoms with E-state index in [1.54, 1.807) is 7.11 Å². The molecule has 2 nitrogen and oxygen atoms in total. The van der Waals surface area contributed by atoms with Crippen LogP contribution in [0.4, 0.5) is 0 Å². The second kappa shape index (κ2) is 6.06. The van der Waals surface area contributed by atoms with Gasteiger partial charge in [0.25, 0.3) is 0 Å². The first-order chi connectivity index (χ1) is 8.33. The smallest absolute Gasteiger partial charge is 0.119 e. The van der Waals surface area contributed by atoms with Crippen LogP contribution in [0.2, 0.25) is 0 Å². The van der Waals surface area contributed by atoms with E-state index in [0.29, 0.717) is 0 Å². The summed E-state index contributed by atoms with van der Waals surface area (Å²) in [5.41, 5.74) is 2.95. The molecule has 0 amide bonds. The molecule has 0 aromatic heterocycles. The summed E-state index contributed by atoms with van der Waals surface area (Å²) in [5, 5.41) is 0. The van der Waals surface area contributed by atoms with E-state index < -0.39 is 0 Å². The summed E-state index contributed by atoms with van der Waals surface area (Å²) in [6.45, 7) is 5.82. The highest BCUT2D eigenvalue weighted by molar-refractivity contribution is 5.37. The first-order valence-corrected chi connectivity index (χ1v) is 6.71. The second-order valence-electron chi connectivity index (χ2n) is 4.87. The van der Waals surface area contributed by atoms with Gasteiger partial charge in [-0.1, -0.05) is 25.8 Å². The van der Waals surface area contributed by atoms with Gasteiger partial charge in [-0.05, 0) is 42.6 Å². The highest BCUT2D eigenvalue weighted by atomic mass is 16.5. The van der Waals surface area contributed by atoms with E-state index in [1.165, 1.54) is 49.9 Å². The Labute approximate surface area is 105 Å². The van der Waals surface area contributed by atoms with Gasteiger partial charge in [-0.2, -0.15) is 0 Å². The number of hydrogen-bond donors (Lipinski definition) is 0. The molecule has 1 heterocycles. The van der Waals surface area contributed by atoms with Crippen LogP contribution in [-0.2, 0) is 13.0 Å². The van der Waals surface area contributed by atoms with Crippen LogP contribution in [0.1, 0.15) is 37.3 Å². The maximum atomic E-state index is 5.27. The average Bonchev–Trinajstić information content (AvgIpc) is 2.38. The number of benzene rings is 1. The van der Waals surface area contributed by atoms with Gasteiger partial charge in [0.1, 0.15) is 5.75 Å². The van der Waals surface area contributed by atoms with E-state index in [9.17, 15) is 0 Å². The van der Waals surface area contributed by atoms with Crippen molar-refractivity contribution in [3.8, 4) is 5.75 Å². The molecule has 17 heavy (non-hydrogen) atoms. The van der Waals surface area contributed by atoms with Crippen molar-refractivity contribution in [1.29, 1.82) is 0 Å². The Morgan fingerprint density at radius 1 is 1.24 bits per heavy atom. The van der Waals surface area contributed by atoms with Gasteiger partial charge in [-0.25, -0.2) is 0 Å². The zero-order chi connectivity index (χ0) is 12.1. The van der Waals surface area contributed by atoms with E-state index in [-0.39, 0.29) is 0 Å². The van der Waals surface area contributed by atoms with Crippen LogP contribution in [0, 0.1) is 0 Å². The van der Waals surface area contributed by atoms with Crippen molar-refractivity contribution < 1.29 is 4.74 Å². The molecular weight excluding hydrogens is 210 g/mol. The minimum atomic E-state index is 0.989. The highest BCUT2D eigenvalue weighted by Gasteiger charge is 2.15. The van der Waals surface area contributed by atoms with Crippen molar-refractivity contribution in [2.24, 2.45) is 0 Å². The Morgan fingerprint density at radius 2 is 2.12 bits per heavy atom. The molecule has 1 aliphatic heterocycles. The molecular formula is C15H23NO. The van der Waals surface area contributed by atoms with Gasteiger partial charge in [-0.3, -0.25) is 4.90 Å². The Kier molecular flexibility index (Phi) is 4.43. The van der Waals surface area contributed by atoms with Crippen LogP contribution in [0.5, 0.6) is 5.75 Å². The van der Waals surface area contributed by atoms with Gasteiger partial charge in [0.15, 0.2) is 0 Å². The lowest BCUT2D eigenvalue weighted by Gasteiger charge is -2.28. The van der Waals surface area contributed by atoms with Gasteiger partial charge in [0, 0.05) is 13.1 Å². The number of methoxy groups -OCH3 is 1. The van der Waals surface area contributed by atoms with Gasteiger partial charge in [-0.15, -0.1) is 0 Å². The molecule has 0 fully saturated rings. The number of fused-ring (bicyclic) bond motifs is 1. The molecule has 0 bridgehead atoms. The number of nitrogens with zero attached hydrogens (tertiary/aromatic N) is 1. The molecule has 1 aromatic rings. The summed E-state index contributed by atoms with van der Waals surface area (Å²) in [6, 6.07) is 6.49. The Bertz CT molecular complexity index is 362. The van der Waals surface area contributed by atoms with Crippen molar-refractivity contribution in [1.82, 2.24) is 4.90 Å². The molecule has 1 aromatic carbocycles. The molecule has 0 aliphatic carbocycles. The molecule has 0 saturated carbocycles.